The van der Waals surface area contributed by atoms with Gasteiger partial charge in [-0.1, -0.05) is 27.7 Å². The number of Topliss-reactive ketones (excluding diaryl/α,β-unsaturated/α-hetero) is 1. The molecule has 12 aliphatic rings. The smallest absolute Gasteiger partial charge is 0.187 e. The van der Waals surface area contributed by atoms with Crippen molar-refractivity contribution in [2.75, 3.05) is 39.6 Å². The summed E-state index contributed by atoms with van der Waals surface area (Å²) in [6.45, 7) is 6.79. The average molecular weight is 1520 g/mol. The Morgan fingerprint density at radius 2 is 0.971 bits per heavy atom. The molecule has 46 atom stereocenters. The molecule has 37 heteroatoms. The van der Waals surface area contributed by atoms with Gasteiger partial charge in [0.05, 0.1) is 64.1 Å². The molecule has 105 heavy (non-hydrogen) atoms. The number of carbonyl (C=O) groups is 1. The molecule has 0 aromatic carbocycles. The van der Waals surface area contributed by atoms with Crippen molar-refractivity contribution in [1.82, 2.24) is 0 Å². The third-order valence-corrected chi connectivity index (χ3v) is 25.8. The zero-order valence-electron chi connectivity index (χ0n) is 59.4. The number of hydrogen-bond donors (Lipinski definition) is 21. The summed E-state index contributed by atoms with van der Waals surface area (Å²) in [4.78, 5) is 14.9. The molecule has 0 bridgehead atoms. The van der Waals surface area contributed by atoms with Crippen molar-refractivity contribution in [2.45, 2.75) is 326 Å². The van der Waals surface area contributed by atoms with Crippen molar-refractivity contribution in [3.63, 3.8) is 0 Å². The van der Waals surface area contributed by atoms with Crippen molar-refractivity contribution in [1.29, 1.82) is 0 Å². The highest BCUT2D eigenvalue weighted by atomic mass is 16.8. The van der Waals surface area contributed by atoms with E-state index in [2.05, 4.69) is 6.92 Å². The number of fused-ring (bicyclic) bond motifs is 7. The predicted molar refractivity (Wildman–Crippen MR) is 341 cm³/mol. The molecule has 4 saturated carbocycles. The van der Waals surface area contributed by atoms with Crippen LogP contribution in [0, 0.1) is 52.3 Å². The van der Waals surface area contributed by atoms with Gasteiger partial charge in [-0.2, -0.15) is 0 Å². The summed E-state index contributed by atoms with van der Waals surface area (Å²) in [7, 11) is 0. The quantitative estimate of drug-likeness (QED) is 0.0448. The molecule has 37 nitrogen and oxygen atoms in total. The van der Waals surface area contributed by atoms with Gasteiger partial charge in [-0.3, -0.25) is 4.79 Å². The third kappa shape index (κ3) is 15.4. The van der Waals surface area contributed by atoms with Gasteiger partial charge >= 0.3 is 0 Å². The molecule has 0 unspecified atom stereocenters. The molecule has 4 aliphatic carbocycles. The number of hydrogen-bond acceptors (Lipinski definition) is 37. The highest BCUT2D eigenvalue weighted by molar-refractivity contribution is 5.87. The van der Waals surface area contributed by atoms with Crippen molar-refractivity contribution in [2.24, 2.45) is 52.3 Å². The van der Waals surface area contributed by atoms with Crippen LogP contribution in [0.4, 0.5) is 0 Å². The first-order chi connectivity index (χ1) is 49.6. The predicted octanol–water partition coefficient (Wildman–Crippen LogP) is -8.61. The van der Waals surface area contributed by atoms with E-state index in [1.54, 1.807) is 0 Å². The summed E-state index contributed by atoms with van der Waals surface area (Å²) in [6.07, 6.45) is -55.5. The second-order valence-electron chi connectivity index (χ2n) is 32.1. The van der Waals surface area contributed by atoms with Gasteiger partial charge in [0.15, 0.2) is 49.8 Å². The Hall–Kier alpha value is -1.77. The lowest BCUT2D eigenvalue weighted by atomic mass is 9.44. The van der Waals surface area contributed by atoms with Gasteiger partial charge in [0.1, 0.15) is 158 Å². The van der Waals surface area contributed by atoms with Crippen molar-refractivity contribution >= 4 is 5.78 Å². The summed E-state index contributed by atoms with van der Waals surface area (Å²) in [6, 6.07) is 0. The molecule has 0 amide bonds. The first-order valence-electron chi connectivity index (χ1n) is 37.0. The molecule has 12 fully saturated rings. The molecular formula is C68H112O37. The lowest BCUT2D eigenvalue weighted by molar-refractivity contribution is -0.408. The molecule has 0 radical (unpaired) electrons. The van der Waals surface area contributed by atoms with Crippen LogP contribution in [0.15, 0.2) is 0 Å². The van der Waals surface area contributed by atoms with Crippen LogP contribution in [0.2, 0.25) is 0 Å². The van der Waals surface area contributed by atoms with E-state index in [1.807, 2.05) is 20.8 Å². The van der Waals surface area contributed by atoms with Gasteiger partial charge in [0, 0.05) is 30.1 Å². The molecule has 606 valence electrons. The Kier molecular flexibility index (Phi) is 26.0. The van der Waals surface area contributed by atoms with Gasteiger partial charge in [-0.05, 0) is 93.8 Å². The second kappa shape index (κ2) is 33.0. The van der Waals surface area contributed by atoms with E-state index in [4.69, 9.17) is 71.1 Å². The van der Waals surface area contributed by atoms with Crippen LogP contribution in [0.5, 0.6) is 0 Å². The van der Waals surface area contributed by atoms with E-state index in [0.29, 0.717) is 38.5 Å². The van der Waals surface area contributed by atoms with Gasteiger partial charge in [0.2, 0.25) is 0 Å². The van der Waals surface area contributed by atoms with E-state index >= 15 is 0 Å². The van der Waals surface area contributed by atoms with Gasteiger partial charge < -0.3 is 178 Å². The largest absolute Gasteiger partial charge is 0.394 e. The highest BCUT2D eigenvalue weighted by Crippen LogP contribution is 2.70. The monoisotopic (exact) mass is 1520 g/mol. The topological polar surface area (TPSA) is 580 Å². The van der Waals surface area contributed by atoms with E-state index < -0.39 is 265 Å². The van der Waals surface area contributed by atoms with E-state index in [9.17, 15) is 112 Å². The normalized spacial score (nSPS) is 55.6. The molecule has 0 aromatic heterocycles. The Balaban J connectivity index is 0.659. The maximum absolute atomic E-state index is 14.9. The minimum absolute atomic E-state index is 0.0000505. The Morgan fingerprint density at radius 3 is 1.60 bits per heavy atom. The van der Waals surface area contributed by atoms with Crippen LogP contribution in [0.3, 0.4) is 0 Å². The zero-order valence-corrected chi connectivity index (χ0v) is 59.4. The summed E-state index contributed by atoms with van der Waals surface area (Å²) in [5.41, 5.74) is -1.05. The number of carbonyl (C=O) groups excluding carboxylic acids is 1. The summed E-state index contributed by atoms with van der Waals surface area (Å²) in [5, 5.41) is 230. The van der Waals surface area contributed by atoms with E-state index in [0.717, 1.165) is 12.8 Å². The van der Waals surface area contributed by atoms with Crippen LogP contribution in [0.1, 0.15) is 99.3 Å². The number of ketones is 1. The average Bonchev–Trinajstić information content (AvgIpc) is 1.54. The Morgan fingerprint density at radius 1 is 0.476 bits per heavy atom. The molecule has 21 N–H and O–H groups in total. The molecule has 8 aliphatic heterocycles. The van der Waals surface area contributed by atoms with Crippen LogP contribution in [0.25, 0.3) is 0 Å². The van der Waals surface area contributed by atoms with Gasteiger partial charge in [-0.25, -0.2) is 0 Å². The maximum atomic E-state index is 14.9. The lowest BCUT2D eigenvalue weighted by Gasteiger charge is -2.60. The van der Waals surface area contributed by atoms with Crippen LogP contribution >= 0.6 is 0 Å². The molecule has 12 rings (SSSR count). The standard InChI is InChI=1S/C68H112O37/c1-22(20-91-59-49(85)44(80)41(77)33(16-69)96-59)9-12-68(90)23(2)38-32(105-68)14-30-28-8-7-26-13-27(10-11-66(26,5)29(28)15-37(74)67(30,38)6)95-63-52(88)46(82)55(35(18-71)98-63)101-64-53(89)47(83)56(36(19-72)99-64)102-65-58(104-60-48(84)40(76)31(73)21-92-60)57(42(78)34(17-70)97-65)103-62-51(87)45(81)54(25(4)94-62)100-61-50(86)43(79)39(75)24(3)93-61/h22-36,38-65,69-73,75-90H,7-21H2,1-6H3/t22-,23+,24+,25+,26+,27+,28-,29+,30+,31-,32+,33-,34-,35-,36-,38+,39+,40+,41-,42-,43-,44+,45+,46-,47-,48-,49-,50-,51-,52-,53-,54+,55+,56-,57+,58-,59-,60+,61+,62+,63-,64+,65+,66+,67-,68-/m1/s1. The number of rotatable bonds is 22. The van der Waals surface area contributed by atoms with E-state index in [1.165, 1.54) is 13.8 Å². The fraction of sp³-hybridized carbons (Fsp3) is 0.985. The van der Waals surface area contributed by atoms with Gasteiger partial charge in [-0.15, -0.1) is 0 Å². The minimum atomic E-state index is -2.19. The number of aliphatic hydroxyl groups is 21. The zero-order chi connectivity index (χ0) is 76.1. The third-order valence-electron chi connectivity index (χ3n) is 25.8. The van der Waals surface area contributed by atoms with Crippen molar-refractivity contribution in [3.8, 4) is 0 Å². The summed E-state index contributed by atoms with van der Waals surface area (Å²) >= 11 is 0. The lowest BCUT2D eigenvalue weighted by Crippen LogP contribution is -2.69. The Labute approximate surface area is 605 Å². The van der Waals surface area contributed by atoms with Gasteiger partial charge in [0.25, 0.3) is 0 Å². The van der Waals surface area contributed by atoms with E-state index in [-0.39, 0.29) is 65.8 Å². The van der Waals surface area contributed by atoms with Crippen LogP contribution in [-0.2, 0) is 75.8 Å². The van der Waals surface area contributed by atoms with Crippen molar-refractivity contribution in [3.05, 3.63) is 0 Å². The van der Waals surface area contributed by atoms with Crippen molar-refractivity contribution < 1.29 is 183 Å². The number of aliphatic hydroxyl groups excluding tert-OH is 20. The number of ether oxygens (including phenoxy) is 15. The highest BCUT2D eigenvalue weighted by Gasteiger charge is 2.72. The minimum Gasteiger partial charge on any atom is -0.394 e. The second-order valence-corrected chi connectivity index (χ2v) is 32.1. The molecule has 0 aromatic rings. The molecule has 8 saturated heterocycles. The fourth-order valence-electron chi connectivity index (χ4n) is 19.4. The molecular weight excluding hydrogens is 1410 g/mol. The first kappa shape index (κ1) is 82.7. The summed E-state index contributed by atoms with van der Waals surface area (Å²) in [5.74, 6) is -1.91. The first-order valence-corrected chi connectivity index (χ1v) is 37.0. The Bertz CT molecular complexity index is 2840. The SMILES string of the molecule is C[C@H](CC[C@@]1(O)O[C@H]2C[C@H]3[C@@H]4CC[C@H]5C[C@@H](O[C@@H]6O[C@H](CO)[C@H](O[C@@H]7O[C@H](CO)[C@@H](O[C@@H]8O[C@H](CO)[C@@H](O)[C@H](O[C@@H]9O[C@@H](C)[C@H](O[C@@H]%10O[C@@H](C)[C@H](O)[C@@H](O)[C@H]%10O)[C@@H](O)[C@H]9O)[C@H]8O[C@@H]8OC[C@@H](O)[C@H](O)[C@H]8O)[C@H](O)[C@H]7O)[C@H](O)[C@H]6O)CC[C@]5(C)[C@H]4CC(=O)[C@]3(C)[C@H]2[C@@H]1C)CO[C@@H]1O[C@H](CO)[C@@H](O)[C@H](O)[C@H]1O. The fourth-order valence-corrected chi connectivity index (χ4v) is 19.4. The summed E-state index contributed by atoms with van der Waals surface area (Å²) < 4.78 is 89.5. The van der Waals surface area contributed by atoms with Crippen LogP contribution in [-0.4, -0.2) is 379 Å². The maximum Gasteiger partial charge on any atom is 0.187 e. The molecule has 8 heterocycles. The van der Waals surface area contributed by atoms with Crippen LogP contribution < -0.4 is 0 Å². The molecule has 0 spiro atoms.